The van der Waals surface area contributed by atoms with Crippen LogP contribution in [0.3, 0.4) is 0 Å². The summed E-state index contributed by atoms with van der Waals surface area (Å²) in [5.41, 5.74) is 0.221. The zero-order valence-corrected chi connectivity index (χ0v) is 21.6. The van der Waals surface area contributed by atoms with Gasteiger partial charge in [-0.1, -0.05) is 29.6 Å². The van der Waals surface area contributed by atoms with Crippen molar-refractivity contribution in [2.24, 2.45) is 0 Å². The molecule has 1 aromatic carbocycles. The van der Waals surface area contributed by atoms with E-state index in [4.69, 9.17) is 18.7 Å². The zero-order valence-electron chi connectivity index (χ0n) is 21.6. The monoisotopic (exact) mass is 552 g/mol. The summed E-state index contributed by atoms with van der Waals surface area (Å²) in [4.78, 5) is 0. The van der Waals surface area contributed by atoms with E-state index in [1.807, 2.05) is 6.07 Å². The molecule has 2 fully saturated rings. The van der Waals surface area contributed by atoms with Gasteiger partial charge in [0, 0.05) is 32.3 Å². The normalized spacial score (nSPS) is 27.1. The SMILES string of the molecule is CO[C@@H]1[C@@H](n2cc(-c3cc(F)c(F)c(F)c3)nn2)[C@@H](O)[C@@H](CO)O[C@@H]1Cc1cc(C2(OC)CCCCC2)no1. The summed E-state index contributed by atoms with van der Waals surface area (Å²) in [6.07, 6.45) is 2.70. The van der Waals surface area contributed by atoms with Gasteiger partial charge in [0.05, 0.1) is 18.9 Å². The highest BCUT2D eigenvalue weighted by molar-refractivity contribution is 5.57. The second-order valence-corrected chi connectivity index (χ2v) is 10.1. The van der Waals surface area contributed by atoms with Gasteiger partial charge in [-0.2, -0.15) is 0 Å². The number of methoxy groups -OCH3 is 2. The third kappa shape index (κ3) is 5.21. The minimum atomic E-state index is -1.59. The van der Waals surface area contributed by atoms with Gasteiger partial charge < -0.3 is 28.9 Å². The van der Waals surface area contributed by atoms with Crippen molar-refractivity contribution in [3.63, 3.8) is 0 Å². The Labute approximate surface area is 222 Å². The summed E-state index contributed by atoms with van der Waals surface area (Å²) in [7, 11) is 3.11. The molecular weight excluding hydrogens is 521 g/mol. The Kier molecular flexibility index (Phi) is 8.06. The molecule has 1 aliphatic heterocycles. The molecule has 0 unspecified atom stereocenters. The molecule has 3 aromatic rings. The number of hydrogen-bond donors (Lipinski definition) is 2. The van der Waals surface area contributed by atoms with Crippen molar-refractivity contribution in [1.82, 2.24) is 20.2 Å². The Morgan fingerprint density at radius 2 is 1.79 bits per heavy atom. The van der Waals surface area contributed by atoms with Crippen molar-refractivity contribution in [2.45, 2.75) is 74.6 Å². The maximum atomic E-state index is 13.8. The molecule has 1 aliphatic carbocycles. The number of nitrogens with zero attached hydrogens (tertiary/aromatic N) is 4. The van der Waals surface area contributed by atoms with Gasteiger partial charge in [0.25, 0.3) is 0 Å². The number of halogens is 3. The predicted octanol–water partition coefficient (Wildman–Crippen LogP) is 3.08. The van der Waals surface area contributed by atoms with Gasteiger partial charge in [-0.3, -0.25) is 0 Å². The molecular formula is C26H31F3N4O6. The van der Waals surface area contributed by atoms with Crippen LogP contribution in [-0.4, -0.2) is 75.6 Å². The molecule has 13 heteroatoms. The first-order valence-corrected chi connectivity index (χ1v) is 12.9. The average molecular weight is 553 g/mol. The maximum absolute atomic E-state index is 13.8. The molecule has 0 amide bonds. The largest absolute Gasteiger partial charge is 0.394 e. The van der Waals surface area contributed by atoms with Crippen molar-refractivity contribution < 1.29 is 42.1 Å². The van der Waals surface area contributed by atoms with Crippen molar-refractivity contribution in [3.8, 4) is 11.3 Å². The van der Waals surface area contributed by atoms with Gasteiger partial charge >= 0.3 is 0 Å². The number of aromatic nitrogens is 4. The average Bonchev–Trinajstić information content (AvgIpc) is 3.63. The molecule has 1 saturated heterocycles. The summed E-state index contributed by atoms with van der Waals surface area (Å²) >= 11 is 0. The molecule has 1 saturated carbocycles. The highest BCUT2D eigenvalue weighted by Crippen LogP contribution is 2.40. The van der Waals surface area contributed by atoms with Crippen LogP contribution >= 0.6 is 0 Å². The molecule has 10 nitrogen and oxygen atoms in total. The number of hydrogen-bond acceptors (Lipinski definition) is 9. The molecule has 0 bridgehead atoms. The Morgan fingerprint density at radius 1 is 1.08 bits per heavy atom. The summed E-state index contributed by atoms with van der Waals surface area (Å²) in [5, 5.41) is 33.2. The van der Waals surface area contributed by atoms with E-state index in [-0.39, 0.29) is 17.7 Å². The smallest absolute Gasteiger partial charge is 0.194 e. The number of ether oxygens (including phenoxy) is 3. The zero-order chi connectivity index (χ0) is 27.7. The van der Waals surface area contributed by atoms with E-state index in [1.54, 1.807) is 7.11 Å². The fraction of sp³-hybridized carbons (Fsp3) is 0.577. The number of benzene rings is 1. The van der Waals surface area contributed by atoms with E-state index < -0.39 is 60.1 Å². The summed E-state index contributed by atoms with van der Waals surface area (Å²) in [6, 6.07) is 2.56. The van der Waals surface area contributed by atoms with E-state index in [0.717, 1.165) is 44.2 Å². The van der Waals surface area contributed by atoms with E-state index in [2.05, 4.69) is 15.5 Å². The third-order valence-corrected chi connectivity index (χ3v) is 7.81. The van der Waals surface area contributed by atoms with Crippen molar-refractivity contribution in [1.29, 1.82) is 0 Å². The van der Waals surface area contributed by atoms with Gasteiger partial charge in [-0.15, -0.1) is 5.10 Å². The number of rotatable bonds is 8. The molecule has 5 rings (SSSR count). The fourth-order valence-corrected chi connectivity index (χ4v) is 5.70. The van der Waals surface area contributed by atoms with Crippen LogP contribution in [0.2, 0.25) is 0 Å². The standard InChI is InChI=1S/C26H31F3N4O6/c1-36-25-19(10-15-11-21(31-39-15)26(37-2)6-4-3-5-7-26)38-20(13-34)24(35)23(25)33-12-18(30-32-33)14-8-16(27)22(29)17(28)9-14/h8-9,11-12,19-20,23-25,34-35H,3-7,10,13H2,1-2H3/t19-,20-,23+,24+,25+/m1/s1. The maximum Gasteiger partial charge on any atom is 0.194 e. The van der Waals surface area contributed by atoms with Crippen LogP contribution in [0.1, 0.15) is 49.6 Å². The first-order valence-electron chi connectivity index (χ1n) is 12.9. The molecule has 0 spiro atoms. The van der Waals surface area contributed by atoms with Crippen LogP contribution in [0.25, 0.3) is 11.3 Å². The molecule has 2 N–H and O–H groups in total. The molecule has 2 aromatic heterocycles. The lowest BCUT2D eigenvalue weighted by Crippen LogP contribution is -2.57. The van der Waals surface area contributed by atoms with Gasteiger partial charge in [-0.05, 0) is 25.0 Å². The van der Waals surface area contributed by atoms with Gasteiger partial charge in [0.1, 0.15) is 47.1 Å². The summed E-state index contributed by atoms with van der Waals surface area (Å²) in [6.45, 7) is -0.491. The van der Waals surface area contributed by atoms with Crippen LogP contribution in [0.5, 0.6) is 0 Å². The Balaban J connectivity index is 1.41. The summed E-state index contributed by atoms with van der Waals surface area (Å²) in [5.74, 6) is -3.80. The van der Waals surface area contributed by atoms with Crippen molar-refractivity contribution in [2.75, 3.05) is 20.8 Å². The van der Waals surface area contributed by atoms with Crippen LogP contribution in [0.4, 0.5) is 13.2 Å². The highest BCUT2D eigenvalue weighted by atomic mass is 19.2. The topological polar surface area (TPSA) is 125 Å². The molecule has 0 radical (unpaired) electrons. The Hall–Kier alpha value is -2.84. The predicted molar refractivity (Wildman–Crippen MR) is 129 cm³/mol. The first-order chi connectivity index (χ1) is 18.8. The van der Waals surface area contributed by atoms with Crippen molar-refractivity contribution in [3.05, 3.63) is 53.3 Å². The second kappa shape index (κ2) is 11.3. The second-order valence-electron chi connectivity index (χ2n) is 10.1. The van der Waals surface area contributed by atoms with E-state index >= 15 is 0 Å². The van der Waals surface area contributed by atoms with Crippen LogP contribution in [0, 0.1) is 17.5 Å². The Morgan fingerprint density at radius 3 is 2.44 bits per heavy atom. The lowest BCUT2D eigenvalue weighted by Gasteiger charge is -2.43. The Bertz CT molecular complexity index is 1260. The lowest BCUT2D eigenvalue weighted by atomic mass is 9.82. The number of aliphatic hydroxyl groups excluding tert-OH is 2. The molecule has 2 aliphatic rings. The van der Waals surface area contributed by atoms with Crippen LogP contribution in [0.15, 0.2) is 28.9 Å². The fourth-order valence-electron chi connectivity index (χ4n) is 5.70. The summed E-state index contributed by atoms with van der Waals surface area (Å²) < 4.78 is 65.5. The van der Waals surface area contributed by atoms with Crippen LogP contribution < -0.4 is 0 Å². The quantitative estimate of drug-likeness (QED) is 0.406. The van der Waals surface area contributed by atoms with E-state index in [0.29, 0.717) is 11.5 Å². The minimum Gasteiger partial charge on any atom is -0.394 e. The van der Waals surface area contributed by atoms with Crippen LogP contribution in [-0.2, 0) is 26.2 Å². The van der Waals surface area contributed by atoms with Gasteiger partial charge in [0.2, 0.25) is 0 Å². The minimum absolute atomic E-state index is 0.0348. The van der Waals surface area contributed by atoms with E-state index in [1.165, 1.54) is 18.0 Å². The van der Waals surface area contributed by atoms with E-state index in [9.17, 15) is 23.4 Å². The third-order valence-electron chi connectivity index (χ3n) is 7.81. The lowest BCUT2D eigenvalue weighted by molar-refractivity contribution is -0.212. The molecule has 3 heterocycles. The van der Waals surface area contributed by atoms with Crippen molar-refractivity contribution >= 4 is 0 Å². The highest BCUT2D eigenvalue weighted by Gasteiger charge is 2.47. The molecule has 212 valence electrons. The molecule has 5 atom stereocenters. The first kappa shape index (κ1) is 27.7. The molecule has 39 heavy (non-hydrogen) atoms. The van der Waals surface area contributed by atoms with Gasteiger partial charge in [-0.25, -0.2) is 17.9 Å². The number of aliphatic hydroxyl groups is 2. The van der Waals surface area contributed by atoms with Gasteiger partial charge in [0.15, 0.2) is 17.5 Å².